The van der Waals surface area contributed by atoms with Gasteiger partial charge in [0, 0.05) is 0 Å². The Morgan fingerprint density at radius 1 is 1.42 bits per heavy atom. The maximum atomic E-state index is 10.7. The van der Waals surface area contributed by atoms with Crippen LogP contribution >= 0.6 is 0 Å². The van der Waals surface area contributed by atoms with Crippen molar-refractivity contribution in [3.8, 4) is 0 Å². The van der Waals surface area contributed by atoms with Crippen LogP contribution in [0.25, 0.3) is 11.2 Å². The van der Waals surface area contributed by atoms with Crippen molar-refractivity contribution in [3.05, 3.63) is 12.7 Å². The summed E-state index contributed by atoms with van der Waals surface area (Å²) in [6.07, 6.45) is 0.469. The summed E-state index contributed by atoms with van der Waals surface area (Å²) in [6, 6.07) is 0. The molecule has 130 valence electrons. The van der Waals surface area contributed by atoms with Gasteiger partial charge in [0.1, 0.15) is 41.7 Å². The Kier molecular flexibility index (Phi) is 4.58. The van der Waals surface area contributed by atoms with E-state index in [1.165, 1.54) is 17.2 Å². The maximum absolute atomic E-state index is 10.7. The molecule has 4 N–H and O–H groups in total. The monoisotopic (exact) mass is 355 g/mol. The first-order chi connectivity index (χ1) is 11.4. The summed E-state index contributed by atoms with van der Waals surface area (Å²) < 4.78 is 7.23. The minimum absolute atomic E-state index is 0.120. The van der Waals surface area contributed by atoms with Crippen LogP contribution in [0.4, 0.5) is 5.82 Å². The second-order valence-corrected chi connectivity index (χ2v) is 7.78. The van der Waals surface area contributed by atoms with Crippen LogP contribution in [0.15, 0.2) is 12.7 Å². The molecule has 5 atom stereocenters. The van der Waals surface area contributed by atoms with Crippen LogP contribution in [0, 0.1) is 0 Å². The summed E-state index contributed by atoms with van der Waals surface area (Å²) in [7, 11) is -0.547. The highest BCUT2D eigenvalue weighted by molar-refractivity contribution is 7.96. The molecule has 1 aliphatic heterocycles. The number of ether oxygens (including phenoxy) is 1. The van der Waals surface area contributed by atoms with E-state index in [-0.39, 0.29) is 11.6 Å². The maximum Gasteiger partial charge on any atom is 0.167 e. The number of nitrogen functional groups attached to an aromatic ring is 1. The molecule has 2 aromatic rings. The SMILES string of the molecule is C[S+](CC(=O)[O-])C[C@@H]1O[C@H](n2cnc3c(N)ncnc32)[C@@H](O)[C@H]1O. The number of rotatable bonds is 5. The van der Waals surface area contributed by atoms with Crippen molar-refractivity contribution < 1.29 is 24.9 Å². The van der Waals surface area contributed by atoms with Gasteiger partial charge in [-0.15, -0.1) is 0 Å². The topological polar surface area (TPSA) is 159 Å². The van der Waals surface area contributed by atoms with E-state index < -0.39 is 41.4 Å². The summed E-state index contributed by atoms with van der Waals surface area (Å²) in [5.41, 5.74) is 6.48. The van der Waals surface area contributed by atoms with Gasteiger partial charge in [-0.2, -0.15) is 0 Å². The van der Waals surface area contributed by atoms with Gasteiger partial charge in [0.15, 0.2) is 17.7 Å². The highest BCUT2D eigenvalue weighted by atomic mass is 32.2. The molecule has 11 heteroatoms. The number of carboxylic acid groups (broad SMARTS) is 1. The van der Waals surface area contributed by atoms with Crippen molar-refractivity contribution in [2.45, 2.75) is 24.5 Å². The molecule has 0 bridgehead atoms. The predicted octanol–water partition coefficient (Wildman–Crippen LogP) is -2.97. The number of aliphatic hydroxyl groups is 2. The van der Waals surface area contributed by atoms with Gasteiger partial charge in [-0.1, -0.05) is 0 Å². The molecular formula is C13H17N5O5S. The van der Waals surface area contributed by atoms with Crippen molar-refractivity contribution in [1.29, 1.82) is 0 Å². The van der Waals surface area contributed by atoms with Crippen LogP contribution < -0.4 is 10.8 Å². The Morgan fingerprint density at radius 3 is 2.88 bits per heavy atom. The zero-order valence-corrected chi connectivity index (χ0v) is 13.6. The molecule has 1 fully saturated rings. The minimum Gasteiger partial charge on any atom is -0.545 e. The van der Waals surface area contributed by atoms with Crippen molar-refractivity contribution >= 4 is 33.8 Å². The van der Waals surface area contributed by atoms with Gasteiger partial charge in [0.2, 0.25) is 0 Å². The summed E-state index contributed by atoms with van der Waals surface area (Å²) >= 11 is 0. The zero-order chi connectivity index (χ0) is 17.4. The number of nitrogens with two attached hydrogens (primary N) is 1. The molecular weight excluding hydrogens is 338 g/mol. The number of carbonyl (C=O) groups excluding carboxylic acids is 1. The molecule has 3 rings (SSSR count). The zero-order valence-electron chi connectivity index (χ0n) is 12.8. The Labute approximate surface area is 139 Å². The number of nitrogens with zero attached hydrogens (tertiary/aromatic N) is 4. The molecule has 1 saturated heterocycles. The van der Waals surface area contributed by atoms with Gasteiger partial charge in [-0.3, -0.25) is 4.57 Å². The Balaban J connectivity index is 1.81. The van der Waals surface area contributed by atoms with E-state index in [1.807, 2.05) is 0 Å². The molecule has 0 spiro atoms. The number of carboxylic acids is 1. The number of anilines is 1. The summed E-state index contributed by atoms with van der Waals surface area (Å²) in [4.78, 5) is 22.7. The van der Waals surface area contributed by atoms with Crippen molar-refractivity contribution in [2.24, 2.45) is 0 Å². The number of carbonyl (C=O) groups is 1. The molecule has 0 aliphatic carbocycles. The first-order valence-electron chi connectivity index (χ1n) is 7.12. The first-order valence-corrected chi connectivity index (χ1v) is 9.09. The van der Waals surface area contributed by atoms with Gasteiger partial charge < -0.3 is 30.6 Å². The predicted molar refractivity (Wildman–Crippen MR) is 83.7 cm³/mol. The van der Waals surface area contributed by atoms with E-state index in [0.717, 1.165) is 0 Å². The minimum atomic E-state index is -1.21. The molecule has 3 heterocycles. The molecule has 1 aliphatic rings. The number of imidazole rings is 1. The van der Waals surface area contributed by atoms with Gasteiger partial charge >= 0.3 is 0 Å². The summed E-state index contributed by atoms with van der Waals surface area (Å²) in [5.74, 6) is -0.775. The van der Waals surface area contributed by atoms with E-state index in [4.69, 9.17) is 10.5 Å². The van der Waals surface area contributed by atoms with Crippen molar-refractivity contribution in [1.82, 2.24) is 19.5 Å². The Bertz CT molecular complexity index is 755. The first kappa shape index (κ1) is 16.9. The third-order valence-electron chi connectivity index (χ3n) is 3.81. The van der Waals surface area contributed by atoms with E-state index >= 15 is 0 Å². The lowest BCUT2D eigenvalue weighted by molar-refractivity contribution is -0.301. The van der Waals surface area contributed by atoms with Gasteiger partial charge in [0.05, 0.1) is 18.6 Å². The lowest BCUT2D eigenvalue weighted by Crippen LogP contribution is -2.38. The number of aromatic nitrogens is 4. The van der Waals surface area contributed by atoms with Crippen LogP contribution in [0.1, 0.15) is 6.23 Å². The van der Waals surface area contributed by atoms with E-state index in [0.29, 0.717) is 16.9 Å². The van der Waals surface area contributed by atoms with Crippen LogP contribution in [0.2, 0.25) is 0 Å². The normalized spacial score (nSPS) is 28.3. The highest BCUT2D eigenvalue weighted by Gasteiger charge is 2.46. The van der Waals surface area contributed by atoms with Crippen molar-refractivity contribution in [3.63, 3.8) is 0 Å². The fraction of sp³-hybridized carbons (Fsp3) is 0.538. The largest absolute Gasteiger partial charge is 0.545 e. The van der Waals surface area contributed by atoms with E-state index in [1.54, 1.807) is 6.26 Å². The number of fused-ring (bicyclic) bond motifs is 1. The van der Waals surface area contributed by atoms with Crippen LogP contribution in [-0.2, 0) is 20.4 Å². The average molecular weight is 355 g/mol. The molecule has 10 nitrogen and oxygen atoms in total. The third-order valence-corrected chi connectivity index (χ3v) is 5.44. The summed E-state index contributed by atoms with van der Waals surface area (Å²) in [6.45, 7) is 0. The number of aliphatic hydroxyl groups excluding tert-OH is 2. The lowest BCUT2D eigenvalue weighted by Gasteiger charge is -2.16. The Hall–Kier alpha value is -1.95. The molecule has 1 unspecified atom stereocenters. The second-order valence-electron chi connectivity index (χ2n) is 5.59. The standard InChI is InChI=1S/C13H17N5O5S/c1-24(3-7(19)20)2-6-9(21)10(22)13(23-6)18-5-17-8-11(14)15-4-16-12(8)18/h4-6,9-10,13,21-22H,2-3H2,1H3,(H2-,14,15,16,19,20)/t6-,9-,10-,13-,24?/m0/s1. The highest BCUT2D eigenvalue weighted by Crippen LogP contribution is 2.32. The lowest BCUT2D eigenvalue weighted by atomic mass is 10.1. The van der Waals surface area contributed by atoms with Crippen LogP contribution in [0.5, 0.6) is 0 Å². The van der Waals surface area contributed by atoms with Gasteiger partial charge in [0.25, 0.3) is 0 Å². The average Bonchev–Trinajstić information content (AvgIpc) is 3.04. The second kappa shape index (κ2) is 6.51. The third kappa shape index (κ3) is 3.02. The Morgan fingerprint density at radius 2 is 2.17 bits per heavy atom. The van der Waals surface area contributed by atoms with Gasteiger partial charge in [-0.25, -0.2) is 15.0 Å². The van der Waals surface area contributed by atoms with Crippen LogP contribution in [-0.4, -0.2) is 71.8 Å². The molecule has 0 saturated carbocycles. The van der Waals surface area contributed by atoms with E-state index in [9.17, 15) is 20.1 Å². The quantitative estimate of drug-likeness (QED) is 0.476. The van der Waals surface area contributed by atoms with Gasteiger partial charge in [-0.05, 0) is 10.9 Å². The number of hydrogen-bond donors (Lipinski definition) is 3. The molecule has 24 heavy (non-hydrogen) atoms. The smallest absolute Gasteiger partial charge is 0.167 e. The fourth-order valence-corrected chi connectivity index (χ4v) is 4.05. The van der Waals surface area contributed by atoms with E-state index in [2.05, 4.69) is 15.0 Å². The molecule has 0 aromatic carbocycles. The fourth-order valence-electron chi connectivity index (χ4n) is 2.69. The number of aliphatic carboxylic acids is 1. The molecule has 0 radical (unpaired) electrons. The summed E-state index contributed by atoms with van der Waals surface area (Å²) in [5, 5.41) is 31.2. The van der Waals surface area contributed by atoms with Crippen LogP contribution in [0.3, 0.4) is 0 Å². The molecule has 2 aromatic heterocycles. The van der Waals surface area contributed by atoms with Crippen molar-refractivity contribution in [2.75, 3.05) is 23.5 Å². The number of hydrogen-bond acceptors (Lipinski definition) is 9. The molecule has 0 amide bonds.